The molecule has 0 bridgehead atoms. The van der Waals surface area contributed by atoms with Crippen molar-refractivity contribution in [2.24, 2.45) is 0 Å². The Balaban J connectivity index is 1.55. The number of ether oxygens (including phenoxy) is 2. The molecule has 0 atom stereocenters. The van der Waals surface area contributed by atoms with Gasteiger partial charge in [0.2, 0.25) is 0 Å². The summed E-state index contributed by atoms with van der Waals surface area (Å²) in [6, 6.07) is 10.0. The van der Waals surface area contributed by atoms with Gasteiger partial charge in [-0.3, -0.25) is 0 Å². The van der Waals surface area contributed by atoms with Gasteiger partial charge in [-0.05, 0) is 74.0 Å². The van der Waals surface area contributed by atoms with Crippen LogP contribution in [-0.4, -0.2) is 13.7 Å². The van der Waals surface area contributed by atoms with Crippen LogP contribution in [0.2, 0.25) is 5.02 Å². The first-order valence-electron chi connectivity index (χ1n) is 9.78. The van der Waals surface area contributed by atoms with Crippen LogP contribution >= 0.6 is 11.6 Å². The molecule has 0 radical (unpaired) electrons. The lowest BCUT2D eigenvalue weighted by atomic mass is 9.97. The highest BCUT2D eigenvalue weighted by Gasteiger charge is 2.13. The van der Waals surface area contributed by atoms with E-state index in [4.69, 9.17) is 21.1 Å². The summed E-state index contributed by atoms with van der Waals surface area (Å²) in [6.07, 6.45) is 8.59. The van der Waals surface area contributed by atoms with Crippen molar-refractivity contribution in [3.8, 4) is 11.5 Å². The molecule has 0 unspecified atom stereocenters. The van der Waals surface area contributed by atoms with Gasteiger partial charge >= 0.3 is 0 Å². The maximum atomic E-state index is 13.0. The van der Waals surface area contributed by atoms with Gasteiger partial charge in [0, 0.05) is 6.54 Å². The van der Waals surface area contributed by atoms with Gasteiger partial charge in [0.15, 0.2) is 11.5 Å². The first kappa shape index (κ1) is 20.7. The standard InChI is InChI=1S/C23H27ClFNO2/c1-27-22-14-19(15-26-12-11-17-5-3-2-4-6-17)13-21(24)23(22)28-16-18-7-9-20(25)10-8-18/h5,7-10,13-14,26H,2-4,6,11-12,15-16H2,1H3. The van der Waals surface area contributed by atoms with E-state index in [9.17, 15) is 4.39 Å². The summed E-state index contributed by atoms with van der Waals surface area (Å²) in [5.41, 5.74) is 3.48. The summed E-state index contributed by atoms with van der Waals surface area (Å²) in [5.74, 6) is 0.835. The minimum absolute atomic E-state index is 0.268. The third-order valence-corrected chi connectivity index (χ3v) is 5.20. The second-order valence-electron chi connectivity index (χ2n) is 7.06. The predicted molar refractivity (Wildman–Crippen MR) is 112 cm³/mol. The summed E-state index contributed by atoms with van der Waals surface area (Å²) >= 11 is 6.44. The maximum Gasteiger partial charge on any atom is 0.180 e. The Bertz CT molecular complexity index is 805. The zero-order chi connectivity index (χ0) is 19.8. The number of methoxy groups -OCH3 is 1. The molecule has 0 saturated heterocycles. The van der Waals surface area contributed by atoms with Crippen LogP contribution in [0.1, 0.15) is 43.2 Å². The lowest BCUT2D eigenvalue weighted by Gasteiger charge is -2.15. The Hall–Kier alpha value is -2.04. The number of hydrogen-bond donors (Lipinski definition) is 1. The van der Waals surface area contributed by atoms with Crippen LogP contribution in [-0.2, 0) is 13.2 Å². The van der Waals surface area contributed by atoms with Crippen molar-refractivity contribution in [2.75, 3.05) is 13.7 Å². The minimum Gasteiger partial charge on any atom is -0.493 e. The van der Waals surface area contributed by atoms with Gasteiger partial charge < -0.3 is 14.8 Å². The molecule has 3 nitrogen and oxygen atoms in total. The van der Waals surface area contributed by atoms with E-state index in [0.29, 0.717) is 23.1 Å². The molecule has 0 saturated carbocycles. The number of hydrogen-bond acceptors (Lipinski definition) is 3. The second kappa shape index (κ2) is 10.5. The quantitative estimate of drug-likeness (QED) is 0.408. The van der Waals surface area contributed by atoms with E-state index in [0.717, 1.165) is 30.6 Å². The van der Waals surface area contributed by atoms with E-state index < -0.39 is 0 Å². The molecule has 150 valence electrons. The highest BCUT2D eigenvalue weighted by Crippen LogP contribution is 2.37. The van der Waals surface area contributed by atoms with Crippen LogP contribution in [0.15, 0.2) is 48.0 Å². The lowest BCUT2D eigenvalue weighted by Crippen LogP contribution is -2.16. The molecule has 1 N–H and O–H groups in total. The Labute approximate surface area is 171 Å². The molecule has 5 heteroatoms. The Kier molecular flexibility index (Phi) is 7.75. The molecule has 2 aromatic rings. The molecule has 3 rings (SSSR count). The van der Waals surface area contributed by atoms with Gasteiger partial charge in [-0.2, -0.15) is 0 Å². The molecule has 0 fully saturated rings. The molecular weight excluding hydrogens is 377 g/mol. The smallest absolute Gasteiger partial charge is 0.180 e. The van der Waals surface area contributed by atoms with Crippen LogP contribution in [0.4, 0.5) is 4.39 Å². The summed E-state index contributed by atoms with van der Waals surface area (Å²) < 4.78 is 24.3. The number of halogens is 2. The van der Waals surface area contributed by atoms with Crippen LogP contribution in [0, 0.1) is 5.82 Å². The van der Waals surface area contributed by atoms with E-state index in [-0.39, 0.29) is 5.82 Å². The van der Waals surface area contributed by atoms with Gasteiger partial charge in [0.05, 0.1) is 12.1 Å². The van der Waals surface area contributed by atoms with E-state index in [1.165, 1.54) is 37.8 Å². The minimum atomic E-state index is -0.268. The topological polar surface area (TPSA) is 30.5 Å². The van der Waals surface area contributed by atoms with E-state index in [1.807, 2.05) is 12.1 Å². The number of allylic oxidation sites excluding steroid dienone is 1. The largest absolute Gasteiger partial charge is 0.493 e. The molecule has 2 aromatic carbocycles. The number of nitrogens with one attached hydrogen (secondary N) is 1. The second-order valence-corrected chi connectivity index (χ2v) is 7.47. The SMILES string of the molecule is COc1cc(CNCCC2=CCCCC2)cc(Cl)c1OCc1ccc(F)cc1. The summed E-state index contributed by atoms with van der Waals surface area (Å²) in [6.45, 7) is 1.97. The van der Waals surface area contributed by atoms with Crippen LogP contribution in [0.5, 0.6) is 11.5 Å². The van der Waals surface area contributed by atoms with Crippen molar-refractivity contribution < 1.29 is 13.9 Å². The Morgan fingerprint density at radius 1 is 1.11 bits per heavy atom. The summed E-state index contributed by atoms with van der Waals surface area (Å²) in [5, 5.41) is 3.99. The highest BCUT2D eigenvalue weighted by molar-refractivity contribution is 6.32. The van der Waals surface area contributed by atoms with Gasteiger partial charge in [0.1, 0.15) is 12.4 Å². The molecule has 0 aliphatic heterocycles. The molecule has 0 amide bonds. The molecule has 0 aromatic heterocycles. The van der Waals surface area contributed by atoms with Crippen LogP contribution in [0.3, 0.4) is 0 Å². The molecule has 1 aliphatic rings. The molecule has 1 aliphatic carbocycles. The van der Waals surface area contributed by atoms with E-state index >= 15 is 0 Å². The van der Waals surface area contributed by atoms with Gasteiger partial charge in [-0.25, -0.2) is 4.39 Å². The van der Waals surface area contributed by atoms with Gasteiger partial charge in [0.25, 0.3) is 0 Å². The van der Waals surface area contributed by atoms with Crippen molar-refractivity contribution >= 4 is 11.6 Å². The Morgan fingerprint density at radius 2 is 1.93 bits per heavy atom. The Morgan fingerprint density at radius 3 is 2.64 bits per heavy atom. The predicted octanol–water partition coefficient (Wildman–Crippen LogP) is 6.05. The van der Waals surface area contributed by atoms with Crippen molar-refractivity contribution in [1.29, 1.82) is 0 Å². The summed E-state index contributed by atoms with van der Waals surface area (Å²) in [4.78, 5) is 0. The maximum absolute atomic E-state index is 13.0. The van der Waals surface area contributed by atoms with Crippen molar-refractivity contribution in [2.45, 2.75) is 45.3 Å². The average Bonchev–Trinajstić information content (AvgIpc) is 2.72. The van der Waals surface area contributed by atoms with Gasteiger partial charge in [-0.15, -0.1) is 0 Å². The highest BCUT2D eigenvalue weighted by atomic mass is 35.5. The zero-order valence-corrected chi connectivity index (χ0v) is 17.0. The first-order valence-corrected chi connectivity index (χ1v) is 10.2. The fourth-order valence-electron chi connectivity index (χ4n) is 3.36. The monoisotopic (exact) mass is 403 g/mol. The third kappa shape index (κ3) is 5.98. The zero-order valence-electron chi connectivity index (χ0n) is 16.3. The van der Waals surface area contributed by atoms with Crippen molar-refractivity contribution in [1.82, 2.24) is 5.32 Å². The lowest BCUT2D eigenvalue weighted by molar-refractivity contribution is 0.284. The van der Waals surface area contributed by atoms with Crippen molar-refractivity contribution in [3.63, 3.8) is 0 Å². The molecular formula is C23H27ClFNO2. The van der Waals surface area contributed by atoms with Crippen LogP contribution < -0.4 is 14.8 Å². The fraction of sp³-hybridized carbons (Fsp3) is 0.391. The fourth-order valence-corrected chi connectivity index (χ4v) is 3.65. The molecule has 0 heterocycles. The van der Waals surface area contributed by atoms with E-state index in [2.05, 4.69) is 11.4 Å². The van der Waals surface area contributed by atoms with Crippen LogP contribution in [0.25, 0.3) is 0 Å². The van der Waals surface area contributed by atoms with E-state index in [1.54, 1.807) is 24.8 Å². The number of benzene rings is 2. The molecule has 0 spiro atoms. The number of rotatable bonds is 9. The summed E-state index contributed by atoms with van der Waals surface area (Å²) in [7, 11) is 1.60. The van der Waals surface area contributed by atoms with Crippen molar-refractivity contribution in [3.05, 3.63) is 70.0 Å². The molecule has 28 heavy (non-hydrogen) atoms. The first-order chi connectivity index (χ1) is 13.7. The normalized spacial score (nSPS) is 13.9. The van der Waals surface area contributed by atoms with Gasteiger partial charge in [-0.1, -0.05) is 35.4 Å². The average molecular weight is 404 g/mol. The third-order valence-electron chi connectivity index (χ3n) is 4.92.